The molecule has 4 nitrogen and oxygen atoms in total. The lowest BCUT2D eigenvalue weighted by atomic mass is 10.0. The summed E-state index contributed by atoms with van der Waals surface area (Å²) >= 11 is 0. The summed E-state index contributed by atoms with van der Waals surface area (Å²) in [5.41, 5.74) is 0.318. The van der Waals surface area contributed by atoms with Crippen LogP contribution in [0.2, 0.25) is 0 Å². The average Bonchev–Trinajstić information content (AvgIpc) is 2.37. The van der Waals surface area contributed by atoms with Gasteiger partial charge in [0.1, 0.15) is 6.61 Å². The van der Waals surface area contributed by atoms with Crippen LogP contribution < -0.4 is 5.32 Å². The van der Waals surface area contributed by atoms with Crippen LogP contribution >= 0.6 is 0 Å². The highest BCUT2D eigenvalue weighted by Crippen LogP contribution is 2.08. The van der Waals surface area contributed by atoms with Crippen LogP contribution in [0.3, 0.4) is 0 Å². The smallest absolute Gasteiger partial charge is 0.407 e. The predicted molar refractivity (Wildman–Crippen MR) is 65.5 cm³/mol. The summed E-state index contributed by atoms with van der Waals surface area (Å²) in [6, 6.07) is 9.46. The average molecular weight is 237 g/mol. The van der Waals surface area contributed by atoms with Crippen LogP contribution in [-0.2, 0) is 11.3 Å². The fourth-order valence-corrected chi connectivity index (χ4v) is 1.25. The first-order chi connectivity index (χ1) is 8.09. The van der Waals surface area contributed by atoms with E-state index < -0.39 is 11.6 Å². The van der Waals surface area contributed by atoms with E-state index >= 15 is 0 Å². The van der Waals surface area contributed by atoms with Gasteiger partial charge in [-0.15, -0.1) is 0 Å². The maximum Gasteiger partial charge on any atom is 0.407 e. The van der Waals surface area contributed by atoms with E-state index in [1.54, 1.807) is 6.92 Å². The molecule has 0 aromatic heterocycles. The Morgan fingerprint density at radius 1 is 1.41 bits per heavy atom. The monoisotopic (exact) mass is 237 g/mol. The second-order valence-corrected chi connectivity index (χ2v) is 4.26. The molecule has 0 aliphatic heterocycles. The number of nitrogens with one attached hydrogen (secondary N) is 1. The summed E-state index contributed by atoms with van der Waals surface area (Å²) in [5, 5.41) is 11.8. The van der Waals surface area contributed by atoms with Gasteiger partial charge in [0.05, 0.1) is 12.1 Å². The minimum absolute atomic E-state index is 0.107. The summed E-state index contributed by atoms with van der Waals surface area (Å²) in [5.74, 6) is 0. The van der Waals surface area contributed by atoms with Gasteiger partial charge in [-0.25, -0.2) is 4.79 Å². The number of amides is 1. The number of carbonyl (C=O) groups is 1. The summed E-state index contributed by atoms with van der Waals surface area (Å²) in [6.07, 6.45) is 0.136. The Morgan fingerprint density at radius 3 is 2.59 bits per heavy atom. The Hall–Kier alpha value is -1.55. The van der Waals surface area contributed by atoms with Crippen molar-refractivity contribution in [1.82, 2.24) is 5.32 Å². The van der Waals surface area contributed by atoms with Crippen molar-refractivity contribution in [3.05, 3.63) is 35.9 Å². The molecule has 1 amide bonds. The molecule has 17 heavy (non-hydrogen) atoms. The Balaban J connectivity index is 2.40. The van der Waals surface area contributed by atoms with E-state index in [-0.39, 0.29) is 13.2 Å². The van der Waals surface area contributed by atoms with Crippen molar-refractivity contribution in [2.24, 2.45) is 0 Å². The van der Waals surface area contributed by atoms with Gasteiger partial charge in [-0.2, -0.15) is 0 Å². The van der Waals surface area contributed by atoms with Gasteiger partial charge in [-0.3, -0.25) is 0 Å². The van der Waals surface area contributed by atoms with E-state index in [0.717, 1.165) is 5.56 Å². The Morgan fingerprint density at radius 2 is 2.06 bits per heavy atom. The fraction of sp³-hybridized carbons (Fsp3) is 0.462. The second kappa shape index (κ2) is 6.25. The zero-order valence-corrected chi connectivity index (χ0v) is 10.3. The molecular weight excluding hydrogens is 218 g/mol. The number of hydrogen-bond acceptors (Lipinski definition) is 3. The summed E-state index contributed by atoms with van der Waals surface area (Å²) in [7, 11) is 0. The number of hydrogen-bond donors (Lipinski definition) is 2. The van der Waals surface area contributed by atoms with Gasteiger partial charge < -0.3 is 15.2 Å². The molecule has 0 saturated carbocycles. The van der Waals surface area contributed by atoms with E-state index in [2.05, 4.69) is 5.32 Å². The molecule has 0 fully saturated rings. The third kappa shape index (κ3) is 4.44. The molecule has 0 saturated heterocycles. The first-order valence-electron chi connectivity index (χ1n) is 5.69. The topological polar surface area (TPSA) is 58.6 Å². The molecule has 1 unspecified atom stereocenters. The van der Waals surface area contributed by atoms with Crippen LogP contribution in [-0.4, -0.2) is 23.3 Å². The molecule has 1 rings (SSSR count). The molecule has 1 atom stereocenters. The van der Waals surface area contributed by atoms with E-state index in [1.165, 1.54) is 0 Å². The Bertz CT molecular complexity index is 347. The largest absolute Gasteiger partial charge is 0.445 e. The lowest BCUT2D eigenvalue weighted by Crippen LogP contribution is -2.48. The molecular formula is C13H19NO3. The molecule has 0 aliphatic rings. The van der Waals surface area contributed by atoms with Crippen LogP contribution in [0.15, 0.2) is 30.3 Å². The van der Waals surface area contributed by atoms with Gasteiger partial charge in [-0.05, 0) is 18.9 Å². The van der Waals surface area contributed by atoms with E-state index in [4.69, 9.17) is 9.84 Å². The van der Waals surface area contributed by atoms with Crippen LogP contribution in [0.25, 0.3) is 0 Å². The second-order valence-electron chi connectivity index (χ2n) is 4.26. The Kier molecular flexibility index (Phi) is 4.97. The molecule has 0 heterocycles. The third-order valence-corrected chi connectivity index (χ3v) is 2.75. The predicted octanol–water partition coefficient (Wildman–Crippen LogP) is 2.07. The highest BCUT2D eigenvalue weighted by molar-refractivity contribution is 5.68. The van der Waals surface area contributed by atoms with Crippen LogP contribution in [0.1, 0.15) is 25.8 Å². The van der Waals surface area contributed by atoms with Crippen molar-refractivity contribution < 1.29 is 14.6 Å². The molecule has 2 N–H and O–H groups in total. The maximum absolute atomic E-state index is 11.5. The van der Waals surface area contributed by atoms with Gasteiger partial charge >= 0.3 is 6.09 Å². The molecule has 1 aromatic rings. The zero-order valence-electron chi connectivity index (χ0n) is 10.3. The molecule has 0 aliphatic carbocycles. The lowest BCUT2D eigenvalue weighted by Gasteiger charge is -2.26. The van der Waals surface area contributed by atoms with Crippen LogP contribution in [0.5, 0.6) is 0 Å². The van der Waals surface area contributed by atoms with Crippen molar-refractivity contribution in [3.8, 4) is 0 Å². The first-order valence-corrected chi connectivity index (χ1v) is 5.69. The van der Waals surface area contributed by atoms with Gasteiger partial charge in [0.2, 0.25) is 0 Å². The van der Waals surface area contributed by atoms with E-state index in [0.29, 0.717) is 6.42 Å². The van der Waals surface area contributed by atoms with Crippen molar-refractivity contribution in [3.63, 3.8) is 0 Å². The quantitative estimate of drug-likeness (QED) is 0.824. The minimum Gasteiger partial charge on any atom is -0.445 e. The molecule has 94 valence electrons. The van der Waals surface area contributed by atoms with Crippen molar-refractivity contribution in [1.29, 1.82) is 0 Å². The number of alkyl carbamates (subject to hydrolysis) is 1. The van der Waals surface area contributed by atoms with Crippen molar-refractivity contribution >= 4 is 6.09 Å². The number of aliphatic hydroxyl groups is 1. The number of carbonyl (C=O) groups excluding carboxylic acids is 1. The molecule has 4 heteroatoms. The number of aliphatic hydroxyl groups excluding tert-OH is 1. The molecule has 0 bridgehead atoms. The van der Waals surface area contributed by atoms with Gasteiger partial charge in [0.15, 0.2) is 0 Å². The highest BCUT2D eigenvalue weighted by Gasteiger charge is 2.23. The van der Waals surface area contributed by atoms with Gasteiger partial charge in [-0.1, -0.05) is 37.3 Å². The number of rotatable bonds is 5. The normalized spacial score (nSPS) is 13.8. The molecule has 0 radical (unpaired) electrons. The molecule has 1 aromatic carbocycles. The van der Waals surface area contributed by atoms with Gasteiger partial charge in [0.25, 0.3) is 0 Å². The van der Waals surface area contributed by atoms with Gasteiger partial charge in [0, 0.05) is 0 Å². The van der Waals surface area contributed by atoms with Crippen LogP contribution in [0, 0.1) is 0 Å². The SMILES string of the molecule is CCC(C)(CO)NC(=O)OCc1ccccc1. The standard InChI is InChI=1S/C13H19NO3/c1-3-13(2,10-15)14-12(16)17-9-11-7-5-4-6-8-11/h4-8,15H,3,9-10H2,1-2H3,(H,14,16). The highest BCUT2D eigenvalue weighted by atomic mass is 16.5. The summed E-state index contributed by atoms with van der Waals surface area (Å²) < 4.78 is 5.07. The van der Waals surface area contributed by atoms with Crippen LogP contribution in [0.4, 0.5) is 4.79 Å². The Labute approximate surface area is 102 Å². The first kappa shape index (κ1) is 13.5. The summed E-state index contributed by atoms with van der Waals surface area (Å²) in [4.78, 5) is 11.5. The van der Waals surface area contributed by atoms with Crippen molar-refractivity contribution in [2.75, 3.05) is 6.61 Å². The minimum atomic E-state index is -0.617. The number of benzene rings is 1. The van der Waals surface area contributed by atoms with E-state index in [9.17, 15) is 4.79 Å². The maximum atomic E-state index is 11.5. The molecule has 0 spiro atoms. The van der Waals surface area contributed by atoms with Crippen molar-refractivity contribution in [2.45, 2.75) is 32.4 Å². The third-order valence-electron chi connectivity index (χ3n) is 2.75. The lowest BCUT2D eigenvalue weighted by molar-refractivity contribution is 0.110. The number of ether oxygens (including phenoxy) is 1. The van der Waals surface area contributed by atoms with E-state index in [1.807, 2.05) is 37.3 Å². The summed E-state index contributed by atoms with van der Waals surface area (Å²) in [6.45, 7) is 3.80. The fourth-order valence-electron chi connectivity index (χ4n) is 1.25. The zero-order chi connectivity index (χ0) is 12.7.